The van der Waals surface area contributed by atoms with E-state index in [9.17, 15) is 4.79 Å². The molecule has 1 amide bonds. The number of aromatic nitrogens is 1. The second-order valence-electron chi connectivity index (χ2n) is 4.70. The first kappa shape index (κ1) is 14.9. The van der Waals surface area contributed by atoms with E-state index in [4.69, 9.17) is 4.74 Å². The smallest absolute Gasteiger partial charge is 0.411 e. The van der Waals surface area contributed by atoms with Gasteiger partial charge in [0.05, 0.1) is 5.37 Å². The number of hydrogen-bond donors (Lipinski definition) is 1. The number of ether oxygens (including phenoxy) is 1. The Labute approximate surface area is 113 Å². The molecule has 0 spiro atoms. The molecule has 0 saturated heterocycles. The van der Waals surface area contributed by atoms with Crippen LogP contribution < -0.4 is 0 Å². The van der Waals surface area contributed by atoms with E-state index in [2.05, 4.69) is 22.3 Å². The summed E-state index contributed by atoms with van der Waals surface area (Å²) >= 11 is 4.46. The molecule has 1 unspecified atom stereocenters. The molecule has 0 fully saturated rings. The van der Waals surface area contributed by atoms with Crippen LogP contribution in [0.2, 0.25) is 0 Å². The largest absolute Gasteiger partial charge is 0.443 e. The van der Waals surface area contributed by atoms with Crippen molar-refractivity contribution in [2.45, 2.75) is 45.7 Å². The van der Waals surface area contributed by atoms with E-state index in [1.54, 1.807) is 11.0 Å². The van der Waals surface area contributed by atoms with Crippen molar-refractivity contribution in [2.24, 2.45) is 5.92 Å². The predicted octanol–water partition coefficient (Wildman–Crippen LogP) is 2.93. The number of hydrogen-bond acceptors (Lipinski definition) is 5. The molecular formula is C12H20N2O3S. The molecule has 0 bridgehead atoms. The van der Waals surface area contributed by atoms with Crippen LogP contribution >= 0.6 is 12.6 Å². The Morgan fingerprint density at radius 2 is 2.17 bits per heavy atom. The summed E-state index contributed by atoms with van der Waals surface area (Å²) in [5.41, 5.74) is 0.590. The second-order valence-corrected chi connectivity index (χ2v) is 5.23. The quantitative estimate of drug-likeness (QED) is 0.661. The number of thiol groups is 1. The number of nitrogens with zero attached hydrogens (tertiary/aromatic N) is 2. The van der Waals surface area contributed by atoms with Crippen LogP contribution in [-0.4, -0.2) is 27.6 Å². The Morgan fingerprint density at radius 1 is 1.50 bits per heavy atom. The molecule has 1 heterocycles. The van der Waals surface area contributed by atoms with Crippen LogP contribution in [0.4, 0.5) is 4.79 Å². The van der Waals surface area contributed by atoms with Gasteiger partial charge >= 0.3 is 6.09 Å². The Bertz CT molecular complexity index is 365. The molecule has 5 nitrogen and oxygen atoms in total. The van der Waals surface area contributed by atoms with Crippen molar-refractivity contribution < 1.29 is 14.1 Å². The molecule has 0 saturated carbocycles. The fourth-order valence-corrected chi connectivity index (χ4v) is 1.83. The maximum absolute atomic E-state index is 12.0. The van der Waals surface area contributed by atoms with Crippen molar-refractivity contribution in [1.29, 1.82) is 0 Å². The van der Waals surface area contributed by atoms with Crippen LogP contribution in [0, 0.1) is 5.92 Å². The van der Waals surface area contributed by atoms with Gasteiger partial charge in [0.2, 0.25) is 0 Å². The van der Waals surface area contributed by atoms with E-state index in [1.165, 1.54) is 6.26 Å². The van der Waals surface area contributed by atoms with Gasteiger partial charge in [-0.15, -0.1) is 0 Å². The van der Waals surface area contributed by atoms with E-state index in [0.29, 0.717) is 5.69 Å². The van der Waals surface area contributed by atoms with Crippen molar-refractivity contribution >= 4 is 18.7 Å². The lowest BCUT2D eigenvalue weighted by atomic mass is 10.2. The predicted molar refractivity (Wildman–Crippen MR) is 71.3 cm³/mol. The zero-order chi connectivity index (χ0) is 13.7. The van der Waals surface area contributed by atoms with Gasteiger partial charge in [0.15, 0.2) is 0 Å². The number of carbonyl (C=O) groups excluding carboxylic acids is 1. The molecule has 1 atom stereocenters. The molecular weight excluding hydrogens is 252 g/mol. The zero-order valence-corrected chi connectivity index (χ0v) is 12.1. The summed E-state index contributed by atoms with van der Waals surface area (Å²) in [5.74, 6) is 0.246. The van der Waals surface area contributed by atoms with Crippen LogP contribution in [0.15, 0.2) is 16.9 Å². The average molecular weight is 272 g/mol. The summed E-state index contributed by atoms with van der Waals surface area (Å²) in [7, 11) is 0. The molecule has 102 valence electrons. The van der Waals surface area contributed by atoms with E-state index in [-0.39, 0.29) is 30.0 Å². The number of amides is 1. The Hall–Kier alpha value is -1.17. The molecule has 0 aliphatic rings. The second kappa shape index (κ2) is 6.68. The topological polar surface area (TPSA) is 55.6 Å². The van der Waals surface area contributed by atoms with Crippen LogP contribution in [-0.2, 0) is 11.3 Å². The van der Waals surface area contributed by atoms with Gasteiger partial charge in [-0.05, 0) is 19.8 Å². The van der Waals surface area contributed by atoms with Gasteiger partial charge in [-0.1, -0.05) is 19.0 Å². The van der Waals surface area contributed by atoms with Crippen molar-refractivity contribution in [2.75, 3.05) is 0 Å². The van der Waals surface area contributed by atoms with Crippen LogP contribution in [0.3, 0.4) is 0 Å². The summed E-state index contributed by atoms with van der Waals surface area (Å²) in [6, 6.07) is 1.69. The molecule has 0 N–H and O–H groups in total. The Balaban J connectivity index is 2.60. The minimum absolute atomic E-state index is 0.0275. The number of carbonyl (C=O) groups is 1. The van der Waals surface area contributed by atoms with Gasteiger partial charge in [-0.2, -0.15) is 12.6 Å². The summed E-state index contributed by atoms with van der Waals surface area (Å²) in [6.07, 6.45) is 1.06. The molecule has 0 aliphatic heterocycles. The molecule has 0 radical (unpaired) electrons. The van der Waals surface area contributed by atoms with E-state index in [0.717, 1.165) is 0 Å². The van der Waals surface area contributed by atoms with Crippen molar-refractivity contribution in [3.05, 3.63) is 18.0 Å². The maximum atomic E-state index is 12.0. The summed E-state index contributed by atoms with van der Waals surface area (Å²) < 4.78 is 9.87. The third-order valence-electron chi connectivity index (χ3n) is 2.48. The summed E-state index contributed by atoms with van der Waals surface area (Å²) in [6.45, 7) is 8.00. The molecule has 0 aliphatic carbocycles. The van der Waals surface area contributed by atoms with Gasteiger partial charge in [-0.25, -0.2) is 4.79 Å². The third kappa shape index (κ3) is 3.94. The first-order valence-electron chi connectivity index (χ1n) is 5.96. The Morgan fingerprint density at radius 3 is 2.61 bits per heavy atom. The summed E-state index contributed by atoms with van der Waals surface area (Å²) in [4.78, 5) is 13.6. The fraction of sp³-hybridized carbons (Fsp3) is 0.667. The third-order valence-corrected chi connectivity index (χ3v) is 3.33. The van der Waals surface area contributed by atoms with Gasteiger partial charge in [0.25, 0.3) is 0 Å². The highest BCUT2D eigenvalue weighted by Gasteiger charge is 2.27. The van der Waals surface area contributed by atoms with Gasteiger partial charge in [0, 0.05) is 12.1 Å². The molecule has 1 aromatic heterocycles. The van der Waals surface area contributed by atoms with Crippen LogP contribution in [0.5, 0.6) is 0 Å². The number of rotatable bonds is 5. The van der Waals surface area contributed by atoms with Crippen molar-refractivity contribution in [3.8, 4) is 0 Å². The van der Waals surface area contributed by atoms with E-state index < -0.39 is 0 Å². The lowest BCUT2D eigenvalue weighted by Gasteiger charge is -2.33. The monoisotopic (exact) mass is 272 g/mol. The molecule has 1 aromatic rings. The molecule has 1 rings (SSSR count). The minimum Gasteiger partial charge on any atom is -0.443 e. The standard InChI is InChI=1S/C12H20N2O3S/c1-8(2)11(18)14(9(3)4)12(15)16-7-10-5-6-17-13-10/h5-6,8-9,11,18H,7H2,1-4H3. The van der Waals surface area contributed by atoms with E-state index >= 15 is 0 Å². The summed E-state index contributed by atoms with van der Waals surface area (Å²) in [5, 5.41) is 3.51. The lowest BCUT2D eigenvalue weighted by Crippen LogP contribution is -2.44. The molecule has 18 heavy (non-hydrogen) atoms. The first-order chi connectivity index (χ1) is 8.43. The van der Waals surface area contributed by atoms with Crippen LogP contribution in [0.1, 0.15) is 33.4 Å². The van der Waals surface area contributed by atoms with Crippen molar-refractivity contribution in [1.82, 2.24) is 10.1 Å². The average Bonchev–Trinajstić information content (AvgIpc) is 2.78. The zero-order valence-electron chi connectivity index (χ0n) is 11.2. The SMILES string of the molecule is CC(C)C(S)N(C(=O)OCc1ccon1)C(C)C. The maximum Gasteiger partial charge on any atom is 0.411 e. The molecule has 6 heteroatoms. The fourth-order valence-electron chi connectivity index (χ4n) is 1.47. The van der Waals surface area contributed by atoms with Crippen LogP contribution in [0.25, 0.3) is 0 Å². The molecule has 0 aromatic carbocycles. The van der Waals surface area contributed by atoms with Gasteiger partial charge in [-0.3, -0.25) is 4.90 Å². The van der Waals surface area contributed by atoms with E-state index in [1.807, 2.05) is 27.7 Å². The highest BCUT2D eigenvalue weighted by Crippen LogP contribution is 2.19. The van der Waals surface area contributed by atoms with Crippen molar-refractivity contribution in [3.63, 3.8) is 0 Å². The van der Waals surface area contributed by atoms with Gasteiger partial charge < -0.3 is 9.26 Å². The minimum atomic E-state index is -0.387. The van der Waals surface area contributed by atoms with Gasteiger partial charge in [0.1, 0.15) is 18.6 Å². The first-order valence-corrected chi connectivity index (χ1v) is 6.47. The normalized spacial score (nSPS) is 12.8. The highest BCUT2D eigenvalue weighted by atomic mass is 32.1. The lowest BCUT2D eigenvalue weighted by molar-refractivity contribution is 0.0737. The Kier molecular flexibility index (Phi) is 5.53. The highest BCUT2D eigenvalue weighted by molar-refractivity contribution is 7.80.